The number of hydrogen-bond donors (Lipinski definition) is 2. The number of carbonyl (C=O) groups is 2. The monoisotopic (exact) mass is 420 g/mol. The van der Waals surface area contributed by atoms with Gasteiger partial charge in [0.2, 0.25) is 0 Å². The van der Waals surface area contributed by atoms with Gasteiger partial charge in [0.15, 0.2) is 0 Å². The van der Waals surface area contributed by atoms with Crippen molar-refractivity contribution in [1.29, 1.82) is 0 Å². The average Bonchev–Trinajstić information content (AvgIpc) is 2.81. The minimum Gasteiger partial charge on any atom is -0.422 e. The number of thiophene rings is 1. The smallest absolute Gasteiger partial charge is 0.349 e. The van der Waals surface area contributed by atoms with Gasteiger partial charge in [-0.3, -0.25) is 9.59 Å². The lowest BCUT2D eigenvalue weighted by Crippen LogP contribution is -2.22. The molecule has 0 fully saturated rings. The van der Waals surface area contributed by atoms with E-state index in [4.69, 9.17) is 10.2 Å². The van der Waals surface area contributed by atoms with Crippen molar-refractivity contribution in [3.05, 3.63) is 60.7 Å². The summed E-state index contributed by atoms with van der Waals surface area (Å²) in [6.07, 6.45) is 0. The molecule has 8 heteroatoms. The molecule has 0 radical (unpaired) electrons. The van der Waals surface area contributed by atoms with Crippen LogP contribution in [-0.2, 0) is 0 Å². The Morgan fingerprint density at radius 1 is 1.24 bits per heavy atom. The van der Waals surface area contributed by atoms with Crippen LogP contribution in [0.4, 0.5) is 5.00 Å². The number of amides is 2. The van der Waals surface area contributed by atoms with Gasteiger partial charge in [0.25, 0.3) is 11.8 Å². The fourth-order valence-corrected chi connectivity index (χ4v) is 3.87. The Morgan fingerprint density at radius 2 is 1.96 bits per heavy atom. The summed E-state index contributed by atoms with van der Waals surface area (Å²) < 4.78 is 5.98. The lowest BCUT2D eigenvalue weighted by molar-refractivity contribution is 0.100. The van der Waals surface area contributed by atoms with Crippen molar-refractivity contribution in [3.8, 4) is 0 Å². The van der Waals surface area contributed by atoms with Crippen LogP contribution in [0.2, 0.25) is 0 Å². The van der Waals surface area contributed by atoms with Crippen LogP contribution in [0.25, 0.3) is 11.0 Å². The van der Waals surface area contributed by atoms with Gasteiger partial charge in [0.05, 0.1) is 5.56 Å². The van der Waals surface area contributed by atoms with E-state index in [1.54, 1.807) is 25.1 Å². The van der Waals surface area contributed by atoms with Crippen LogP contribution in [0, 0.1) is 13.8 Å². The van der Waals surface area contributed by atoms with E-state index in [9.17, 15) is 14.4 Å². The summed E-state index contributed by atoms with van der Waals surface area (Å²) in [7, 11) is 0. The van der Waals surface area contributed by atoms with E-state index >= 15 is 0 Å². The highest BCUT2D eigenvalue weighted by Crippen LogP contribution is 2.32. The molecule has 0 saturated heterocycles. The number of hydrogen-bond acceptors (Lipinski definition) is 5. The van der Waals surface area contributed by atoms with Crippen molar-refractivity contribution in [2.75, 3.05) is 5.32 Å². The van der Waals surface area contributed by atoms with Crippen LogP contribution in [0.15, 0.2) is 37.9 Å². The number of aryl methyl sites for hydroxylation is 1. The molecule has 0 saturated carbocycles. The van der Waals surface area contributed by atoms with Crippen molar-refractivity contribution < 1.29 is 14.0 Å². The van der Waals surface area contributed by atoms with Gasteiger partial charge in [-0.25, -0.2) is 4.79 Å². The van der Waals surface area contributed by atoms with Crippen LogP contribution in [0.1, 0.15) is 31.2 Å². The maximum atomic E-state index is 12.5. The molecule has 0 aliphatic rings. The fourth-order valence-electron chi connectivity index (χ4n) is 2.43. The standard InChI is InChI=1S/C17H13BrN2O4S/c1-7-8(2)25-16(13(7)14(19)21)20-15(22)11-6-9-5-10(18)3-4-12(9)24-17(11)23/h3-6H,1-2H3,(H2,19,21)(H,20,22). The number of rotatable bonds is 3. The second-order valence-electron chi connectivity index (χ2n) is 5.44. The molecule has 3 N–H and O–H groups in total. The third-order valence-corrected chi connectivity index (χ3v) is 5.41. The third-order valence-electron chi connectivity index (χ3n) is 3.80. The first kappa shape index (κ1) is 17.4. The first-order valence-corrected chi connectivity index (χ1v) is 8.83. The summed E-state index contributed by atoms with van der Waals surface area (Å²) in [5, 5.41) is 3.52. The maximum Gasteiger partial charge on any atom is 0.349 e. The summed E-state index contributed by atoms with van der Waals surface area (Å²) in [5.41, 5.74) is 5.84. The number of fused-ring (bicyclic) bond motifs is 1. The average molecular weight is 421 g/mol. The second-order valence-corrected chi connectivity index (χ2v) is 7.58. The van der Waals surface area contributed by atoms with Gasteiger partial charge >= 0.3 is 5.63 Å². The maximum absolute atomic E-state index is 12.5. The lowest BCUT2D eigenvalue weighted by atomic mass is 10.1. The summed E-state index contributed by atoms with van der Waals surface area (Å²) in [6, 6.07) is 6.57. The zero-order valence-corrected chi connectivity index (χ0v) is 15.7. The van der Waals surface area contributed by atoms with E-state index in [1.165, 1.54) is 17.4 Å². The minimum atomic E-state index is -0.752. The molecule has 1 aromatic carbocycles. The highest BCUT2D eigenvalue weighted by Gasteiger charge is 2.21. The Labute approximate surface area is 154 Å². The molecule has 25 heavy (non-hydrogen) atoms. The number of primary amides is 1. The molecule has 2 aromatic heterocycles. The van der Waals surface area contributed by atoms with Crippen LogP contribution >= 0.6 is 27.3 Å². The molecule has 6 nitrogen and oxygen atoms in total. The molecule has 0 bridgehead atoms. The van der Waals surface area contributed by atoms with Gasteiger partial charge in [0, 0.05) is 14.7 Å². The predicted octanol–water partition coefficient (Wildman–Crippen LogP) is 3.59. The number of halogens is 1. The molecule has 2 amide bonds. The van der Waals surface area contributed by atoms with Gasteiger partial charge in [0.1, 0.15) is 16.1 Å². The van der Waals surface area contributed by atoms with E-state index in [0.29, 0.717) is 21.5 Å². The predicted molar refractivity (Wildman–Crippen MR) is 100 cm³/mol. The van der Waals surface area contributed by atoms with Crippen molar-refractivity contribution >= 4 is 55.1 Å². The van der Waals surface area contributed by atoms with Crippen molar-refractivity contribution in [3.63, 3.8) is 0 Å². The molecular formula is C17H13BrN2O4S. The zero-order valence-electron chi connectivity index (χ0n) is 13.3. The van der Waals surface area contributed by atoms with E-state index in [-0.39, 0.29) is 11.1 Å². The van der Waals surface area contributed by atoms with E-state index in [2.05, 4.69) is 21.2 Å². The van der Waals surface area contributed by atoms with Gasteiger partial charge in [-0.05, 0) is 43.7 Å². The van der Waals surface area contributed by atoms with Crippen LogP contribution in [0.5, 0.6) is 0 Å². The summed E-state index contributed by atoms with van der Waals surface area (Å²) in [5.74, 6) is -1.29. The van der Waals surface area contributed by atoms with E-state index in [0.717, 1.165) is 9.35 Å². The largest absolute Gasteiger partial charge is 0.422 e. The molecule has 0 aliphatic carbocycles. The Kier molecular flexibility index (Phi) is 4.49. The minimum absolute atomic E-state index is 0.148. The van der Waals surface area contributed by atoms with E-state index in [1.807, 2.05) is 6.92 Å². The summed E-state index contributed by atoms with van der Waals surface area (Å²) in [6.45, 7) is 3.58. The van der Waals surface area contributed by atoms with Gasteiger partial charge in [-0.2, -0.15) is 0 Å². The number of carbonyl (C=O) groups excluding carboxylic acids is 2. The van der Waals surface area contributed by atoms with E-state index < -0.39 is 17.4 Å². The quantitative estimate of drug-likeness (QED) is 0.631. The Hall–Kier alpha value is -2.45. The van der Waals surface area contributed by atoms with Crippen LogP contribution in [0.3, 0.4) is 0 Å². The fraction of sp³-hybridized carbons (Fsp3) is 0.118. The Bertz CT molecular complexity index is 1080. The highest BCUT2D eigenvalue weighted by molar-refractivity contribution is 9.10. The molecular weight excluding hydrogens is 408 g/mol. The number of nitrogens with two attached hydrogens (primary N) is 1. The molecule has 3 rings (SSSR count). The molecule has 0 unspecified atom stereocenters. The van der Waals surface area contributed by atoms with Gasteiger partial charge in [-0.15, -0.1) is 11.3 Å². The number of anilines is 1. The Morgan fingerprint density at radius 3 is 2.64 bits per heavy atom. The van der Waals surface area contributed by atoms with Crippen molar-refractivity contribution in [2.45, 2.75) is 13.8 Å². The van der Waals surface area contributed by atoms with Crippen LogP contribution < -0.4 is 16.7 Å². The van der Waals surface area contributed by atoms with Gasteiger partial charge in [-0.1, -0.05) is 15.9 Å². The normalized spacial score (nSPS) is 10.8. The Balaban J connectivity index is 2.04. The molecule has 0 spiro atoms. The molecule has 2 heterocycles. The highest BCUT2D eigenvalue weighted by atomic mass is 79.9. The molecule has 3 aromatic rings. The molecule has 128 valence electrons. The molecule has 0 atom stereocenters. The van der Waals surface area contributed by atoms with Gasteiger partial charge < -0.3 is 15.5 Å². The molecule has 0 aliphatic heterocycles. The topological polar surface area (TPSA) is 102 Å². The third kappa shape index (κ3) is 3.22. The first-order valence-electron chi connectivity index (χ1n) is 7.22. The lowest BCUT2D eigenvalue weighted by Gasteiger charge is -2.05. The van der Waals surface area contributed by atoms with Crippen LogP contribution in [-0.4, -0.2) is 11.8 Å². The van der Waals surface area contributed by atoms with Crippen molar-refractivity contribution in [2.24, 2.45) is 5.73 Å². The number of nitrogens with one attached hydrogen (secondary N) is 1. The first-order chi connectivity index (χ1) is 11.8. The van der Waals surface area contributed by atoms with Crippen molar-refractivity contribution in [1.82, 2.24) is 0 Å². The SMILES string of the molecule is Cc1sc(NC(=O)c2cc3cc(Br)ccc3oc2=O)c(C(N)=O)c1C. The summed E-state index contributed by atoms with van der Waals surface area (Å²) >= 11 is 4.56. The summed E-state index contributed by atoms with van der Waals surface area (Å²) in [4.78, 5) is 37.1. The number of benzene rings is 1. The zero-order chi connectivity index (χ0) is 18.3. The second kappa shape index (κ2) is 6.45.